The summed E-state index contributed by atoms with van der Waals surface area (Å²) in [4.78, 5) is 14.3. The molecule has 1 aliphatic rings. The summed E-state index contributed by atoms with van der Waals surface area (Å²) >= 11 is 12.1. The van der Waals surface area contributed by atoms with Gasteiger partial charge in [0.1, 0.15) is 5.82 Å². The molecular weight excluding hydrogens is 312 g/mol. The largest absolute Gasteiger partial charge is 0.308 e. The summed E-state index contributed by atoms with van der Waals surface area (Å²) < 4.78 is 13.3. The molecular formula is C16H12Cl2FNO. The van der Waals surface area contributed by atoms with Crippen LogP contribution in [0.25, 0.3) is 0 Å². The number of nitrogens with zero attached hydrogens (tertiary/aromatic N) is 1. The molecule has 0 saturated heterocycles. The number of fused-ring (bicyclic) bond motifs is 1. The lowest BCUT2D eigenvalue weighted by atomic mass is 10.0. The molecule has 2 aromatic carbocycles. The Morgan fingerprint density at radius 1 is 1.19 bits per heavy atom. The van der Waals surface area contributed by atoms with Crippen molar-refractivity contribution in [3.63, 3.8) is 0 Å². The van der Waals surface area contributed by atoms with Crippen molar-refractivity contribution in [2.24, 2.45) is 0 Å². The van der Waals surface area contributed by atoms with Crippen LogP contribution in [0.3, 0.4) is 0 Å². The van der Waals surface area contributed by atoms with Crippen molar-refractivity contribution < 1.29 is 9.18 Å². The number of anilines is 1. The van der Waals surface area contributed by atoms with Gasteiger partial charge in [0.05, 0.1) is 15.6 Å². The predicted octanol–water partition coefficient (Wildman–Crippen LogP) is 4.73. The van der Waals surface area contributed by atoms with Crippen LogP contribution < -0.4 is 4.90 Å². The second-order valence-corrected chi connectivity index (χ2v) is 5.72. The maximum absolute atomic E-state index is 13.3. The zero-order valence-corrected chi connectivity index (χ0v) is 12.6. The van der Waals surface area contributed by atoms with Gasteiger partial charge in [-0.05, 0) is 48.7 Å². The van der Waals surface area contributed by atoms with E-state index in [2.05, 4.69) is 0 Å². The lowest BCUT2D eigenvalue weighted by molar-refractivity contribution is 0.0985. The molecule has 0 bridgehead atoms. The van der Waals surface area contributed by atoms with E-state index >= 15 is 0 Å². The number of amides is 1. The standard InChI is InChI=1S/C16H12Cl2FNO/c17-13-5-1-4-12(15(13)18)16(21)20-8-2-3-10-9-11(19)6-7-14(10)20/h1,4-7,9H,2-3,8H2. The van der Waals surface area contributed by atoms with Crippen LogP contribution in [0.2, 0.25) is 10.0 Å². The lowest BCUT2D eigenvalue weighted by Gasteiger charge is -2.29. The van der Waals surface area contributed by atoms with Crippen LogP contribution in [0.1, 0.15) is 22.3 Å². The van der Waals surface area contributed by atoms with E-state index in [4.69, 9.17) is 23.2 Å². The molecule has 0 spiro atoms. The molecule has 21 heavy (non-hydrogen) atoms. The minimum Gasteiger partial charge on any atom is -0.308 e. The van der Waals surface area contributed by atoms with Gasteiger partial charge in [-0.15, -0.1) is 0 Å². The molecule has 0 saturated carbocycles. The number of halogens is 3. The molecule has 108 valence electrons. The van der Waals surface area contributed by atoms with Crippen molar-refractivity contribution in [3.05, 3.63) is 63.4 Å². The number of benzene rings is 2. The van der Waals surface area contributed by atoms with E-state index in [9.17, 15) is 9.18 Å². The molecule has 0 fully saturated rings. The fraction of sp³-hybridized carbons (Fsp3) is 0.188. The molecule has 2 nitrogen and oxygen atoms in total. The molecule has 0 aliphatic carbocycles. The van der Waals surface area contributed by atoms with E-state index in [1.54, 1.807) is 29.2 Å². The SMILES string of the molecule is O=C(c1cccc(Cl)c1Cl)N1CCCc2cc(F)ccc21. The highest BCUT2D eigenvalue weighted by Crippen LogP contribution is 2.32. The molecule has 0 radical (unpaired) electrons. The molecule has 0 unspecified atom stereocenters. The van der Waals surface area contributed by atoms with Gasteiger partial charge in [0.25, 0.3) is 5.91 Å². The van der Waals surface area contributed by atoms with Crippen LogP contribution in [-0.4, -0.2) is 12.5 Å². The van der Waals surface area contributed by atoms with Gasteiger partial charge in [-0.3, -0.25) is 4.79 Å². The van der Waals surface area contributed by atoms with Crippen LogP contribution in [0.5, 0.6) is 0 Å². The van der Waals surface area contributed by atoms with Crippen molar-refractivity contribution in [3.8, 4) is 0 Å². The average molecular weight is 324 g/mol. The summed E-state index contributed by atoms with van der Waals surface area (Å²) in [6.07, 6.45) is 1.56. The van der Waals surface area contributed by atoms with Gasteiger partial charge in [0.2, 0.25) is 0 Å². The maximum Gasteiger partial charge on any atom is 0.259 e. The van der Waals surface area contributed by atoms with E-state index in [1.165, 1.54) is 12.1 Å². The molecule has 1 aliphatic heterocycles. The quantitative estimate of drug-likeness (QED) is 0.743. The summed E-state index contributed by atoms with van der Waals surface area (Å²) in [5, 5.41) is 0.595. The molecule has 0 atom stereocenters. The van der Waals surface area contributed by atoms with Gasteiger partial charge >= 0.3 is 0 Å². The third-order valence-electron chi connectivity index (χ3n) is 3.59. The van der Waals surface area contributed by atoms with Crippen LogP contribution in [0.15, 0.2) is 36.4 Å². The highest BCUT2D eigenvalue weighted by molar-refractivity contribution is 6.44. The zero-order valence-electron chi connectivity index (χ0n) is 11.1. The second-order valence-electron chi connectivity index (χ2n) is 4.93. The molecule has 3 rings (SSSR count). The fourth-order valence-electron chi connectivity index (χ4n) is 2.59. The van der Waals surface area contributed by atoms with E-state index in [-0.39, 0.29) is 16.7 Å². The Labute approximate surface area is 132 Å². The van der Waals surface area contributed by atoms with Crippen molar-refractivity contribution in [2.45, 2.75) is 12.8 Å². The summed E-state index contributed by atoms with van der Waals surface area (Å²) in [6, 6.07) is 9.46. The zero-order chi connectivity index (χ0) is 15.0. The Morgan fingerprint density at radius 2 is 2.00 bits per heavy atom. The monoisotopic (exact) mass is 323 g/mol. The van der Waals surface area contributed by atoms with Gasteiger partial charge < -0.3 is 4.90 Å². The first-order valence-electron chi connectivity index (χ1n) is 6.62. The number of carbonyl (C=O) groups excluding carboxylic acids is 1. The summed E-state index contributed by atoms with van der Waals surface area (Å²) in [5.74, 6) is -0.501. The molecule has 0 aromatic heterocycles. The van der Waals surface area contributed by atoms with Crippen molar-refractivity contribution >= 4 is 34.8 Å². The van der Waals surface area contributed by atoms with Crippen LogP contribution in [0.4, 0.5) is 10.1 Å². The number of hydrogen-bond acceptors (Lipinski definition) is 1. The first-order chi connectivity index (χ1) is 10.1. The average Bonchev–Trinajstić information content (AvgIpc) is 2.48. The Morgan fingerprint density at radius 3 is 2.81 bits per heavy atom. The Balaban J connectivity index is 2.02. The third kappa shape index (κ3) is 2.63. The van der Waals surface area contributed by atoms with E-state index in [1.807, 2.05) is 0 Å². The summed E-state index contributed by atoms with van der Waals surface area (Å²) in [5.41, 5.74) is 1.94. The lowest BCUT2D eigenvalue weighted by Crippen LogP contribution is -2.35. The minimum absolute atomic E-state index is 0.213. The highest BCUT2D eigenvalue weighted by atomic mass is 35.5. The second kappa shape index (κ2) is 5.66. The number of carbonyl (C=O) groups is 1. The minimum atomic E-state index is -0.288. The first kappa shape index (κ1) is 14.4. The van der Waals surface area contributed by atoms with Crippen LogP contribution >= 0.6 is 23.2 Å². The molecule has 1 heterocycles. The van der Waals surface area contributed by atoms with E-state index < -0.39 is 0 Å². The van der Waals surface area contributed by atoms with Crippen molar-refractivity contribution in [2.75, 3.05) is 11.4 Å². The third-order valence-corrected chi connectivity index (χ3v) is 4.41. The van der Waals surface area contributed by atoms with E-state index in [0.717, 1.165) is 24.1 Å². The van der Waals surface area contributed by atoms with Gasteiger partial charge in [-0.1, -0.05) is 29.3 Å². The predicted molar refractivity (Wildman–Crippen MR) is 82.9 cm³/mol. The number of hydrogen-bond donors (Lipinski definition) is 0. The molecule has 2 aromatic rings. The first-order valence-corrected chi connectivity index (χ1v) is 7.38. The van der Waals surface area contributed by atoms with Crippen molar-refractivity contribution in [1.29, 1.82) is 0 Å². The van der Waals surface area contributed by atoms with E-state index in [0.29, 0.717) is 17.1 Å². The van der Waals surface area contributed by atoms with Gasteiger partial charge in [0, 0.05) is 12.2 Å². The molecule has 5 heteroatoms. The van der Waals surface area contributed by atoms with Gasteiger partial charge in [-0.25, -0.2) is 4.39 Å². The molecule has 1 amide bonds. The maximum atomic E-state index is 13.3. The summed E-state index contributed by atoms with van der Waals surface area (Å²) in [7, 11) is 0. The highest BCUT2D eigenvalue weighted by Gasteiger charge is 2.25. The Hall–Kier alpha value is -1.58. The fourth-order valence-corrected chi connectivity index (χ4v) is 2.97. The van der Waals surface area contributed by atoms with Crippen molar-refractivity contribution in [1.82, 2.24) is 0 Å². The molecule has 0 N–H and O–H groups in total. The van der Waals surface area contributed by atoms with Crippen LogP contribution in [-0.2, 0) is 6.42 Å². The topological polar surface area (TPSA) is 20.3 Å². The normalized spacial score (nSPS) is 14.0. The number of aryl methyl sites for hydroxylation is 1. The van der Waals surface area contributed by atoms with Gasteiger partial charge in [-0.2, -0.15) is 0 Å². The smallest absolute Gasteiger partial charge is 0.259 e. The number of rotatable bonds is 1. The Kier molecular flexibility index (Phi) is 3.87. The van der Waals surface area contributed by atoms with Crippen LogP contribution in [0, 0.1) is 5.82 Å². The van der Waals surface area contributed by atoms with Gasteiger partial charge in [0.15, 0.2) is 0 Å². The summed E-state index contributed by atoms with van der Waals surface area (Å²) in [6.45, 7) is 0.584. The Bertz CT molecular complexity index is 717.